The Morgan fingerprint density at radius 1 is 1.23 bits per heavy atom. The molecule has 0 radical (unpaired) electrons. The Hall–Kier alpha value is -4.25. The zero-order valence-electron chi connectivity index (χ0n) is 19.3. The molecule has 0 bridgehead atoms. The predicted molar refractivity (Wildman–Crippen MR) is 126 cm³/mol. The lowest BCUT2D eigenvalue weighted by Gasteiger charge is -2.37. The number of carboxylic acids is 1. The van der Waals surface area contributed by atoms with Crippen molar-refractivity contribution in [2.24, 2.45) is 0 Å². The zero-order valence-corrected chi connectivity index (χ0v) is 19.3. The number of nitrogens with one attached hydrogen (secondary N) is 2. The highest BCUT2D eigenvalue weighted by Crippen LogP contribution is 2.35. The summed E-state index contributed by atoms with van der Waals surface area (Å²) in [5.41, 5.74) is 0.744. The van der Waals surface area contributed by atoms with E-state index >= 15 is 0 Å². The summed E-state index contributed by atoms with van der Waals surface area (Å²) in [6, 6.07) is 10.9. The molecule has 0 aromatic heterocycles. The van der Waals surface area contributed by atoms with Crippen LogP contribution in [-0.2, 0) is 4.79 Å². The summed E-state index contributed by atoms with van der Waals surface area (Å²) in [7, 11) is 1.52. The van der Waals surface area contributed by atoms with E-state index in [0.717, 1.165) is 0 Å². The molecule has 184 valence electrons. The molecule has 35 heavy (non-hydrogen) atoms. The van der Waals surface area contributed by atoms with Gasteiger partial charge in [0.15, 0.2) is 5.78 Å². The Morgan fingerprint density at radius 3 is 2.66 bits per heavy atom. The quantitative estimate of drug-likeness (QED) is 0.191. The van der Waals surface area contributed by atoms with Crippen LogP contribution in [0, 0.1) is 10.1 Å². The van der Waals surface area contributed by atoms with Crippen molar-refractivity contribution in [1.82, 2.24) is 15.5 Å². The highest BCUT2D eigenvalue weighted by molar-refractivity contribution is 5.98. The van der Waals surface area contributed by atoms with Crippen molar-refractivity contribution < 1.29 is 29.2 Å². The first-order chi connectivity index (χ1) is 16.7. The van der Waals surface area contributed by atoms with Crippen LogP contribution in [0.2, 0.25) is 0 Å². The number of nitrogens with zero attached hydrogens (tertiary/aromatic N) is 2. The molecule has 1 aliphatic heterocycles. The Kier molecular flexibility index (Phi) is 8.16. The fourth-order valence-electron chi connectivity index (χ4n) is 3.92. The third-order valence-electron chi connectivity index (χ3n) is 5.60. The molecule has 0 spiro atoms. The third-order valence-corrected chi connectivity index (χ3v) is 5.60. The predicted octanol–water partition coefficient (Wildman–Crippen LogP) is 2.89. The first kappa shape index (κ1) is 25.4. The molecular weight excluding hydrogens is 456 g/mol. The second-order valence-electron chi connectivity index (χ2n) is 7.91. The van der Waals surface area contributed by atoms with Gasteiger partial charge >= 0.3 is 12.0 Å². The molecule has 2 aromatic carbocycles. The van der Waals surface area contributed by atoms with Crippen molar-refractivity contribution in [2.45, 2.75) is 19.4 Å². The molecule has 1 aliphatic rings. The van der Waals surface area contributed by atoms with Crippen molar-refractivity contribution in [1.29, 1.82) is 0 Å². The van der Waals surface area contributed by atoms with Gasteiger partial charge in [0, 0.05) is 29.9 Å². The molecule has 3 N–H and O–H groups in total. The van der Waals surface area contributed by atoms with E-state index in [1.165, 1.54) is 37.1 Å². The zero-order chi connectivity index (χ0) is 25.5. The number of urea groups is 1. The van der Waals surface area contributed by atoms with Gasteiger partial charge in [0.25, 0.3) is 5.69 Å². The number of ketones is 1. The van der Waals surface area contributed by atoms with Gasteiger partial charge in [-0.3, -0.25) is 14.9 Å². The Morgan fingerprint density at radius 2 is 1.97 bits per heavy atom. The molecule has 3 rings (SSSR count). The van der Waals surface area contributed by atoms with Gasteiger partial charge in [0.2, 0.25) is 0 Å². The minimum atomic E-state index is -1.23. The lowest BCUT2D eigenvalue weighted by molar-refractivity contribution is -0.384. The van der Waals surface area contributed by atoms with E-state index in [-0.39, 0.29) is 35.8 Å². The lowest BCUT2D eigenvalue weighted by atomic mass is 9.93. The number of methoxy groups -OCH3 is 1. The molecule has 1 atom stereocenters. The number of nitro benzene ring substituents is 1. The van der Waals surface area contributed by atoms with Gasteiger partial charge in [-0.1, -0.05) is 24.3 Å². The molecule has 0 aliphatic carbocycles. The van der Waals surface area contributed by atoms with Crippen LogP contribution in [0.15, 0.2) is 59.8 Å². The highest BCUT2D eigenvalue weighted by atomic mass is 16.6. The molecular formula is C24H26N4O7. The Labute approximate surface area is 201 Å². The molecule has 2 amide bonds. The number of nitro groups is 1. The maximum atomic E-state index is 12.8. The second-order valence-corrected chi connectivity index (χ2v) is 7.91. The van der Waals surface area contributed by atoms with Gasteiger partial charge in [0.05, 0.1) is 30.2 Å². The van der Waals surface area contributed by atoms with Gasteiger partial charge in [0.1, 0.15) is 5.75 Å². The number of allylic oxidation sites excluding steroid dienone is 1. The minimum absolute atomic E-state index is 0.0636. The molecule has 11 nitrogen and oxygen atoms in total. The number of hydrogen-bond acceptors (Lipinski definition) is 7. The number of carboxylic acid groups (broad SMARTS) is 1. The van der Waals surface area contributed by atoms with E-state index in [1.54, 1.807) is 30.3 Å². The minimum Gasteiger partial charge on any atom is -0.497 e. The van der Waals surface area contributed by atoms with E-state index in [4.69, 9.17) is 4.74 Å². The van der Waals surface area contributed by atoms with Crippen LogP contribution >= 0.6 is 0 Å². The third kappa shape index (κ3) is 6.01. The SMILES string of the molecule is COc1cccc(C(=O)CNCCCN2C(=O)NC(C)=C(C(=O)O)C2c2cccc([N+](=O)[O-])c2)c1. The largest absolute Gasteiger partial charge is 0.497 e. The monoisotopic (exact) mass is 482 g/mol. The molecule has 11 heteroatoms. The maximum Gasteiger partial charge on any atom is 0.335 e. The highest BCUT2D eigenvalue weighted by Gasteiger charge is 2.37. The number of ether oxygens (including phenoxy) is 1. The second kappa shape index (κ2) is 11.3. The number of Topliss-reactive ketones (excluding diaryl/α,β-unsaturated/α-hetero) is 1. The first-order valence-electron chi connectivity index (χ1n) is 10.9. The summed E-state index contributed by atoms with van der Waals surface area (Å²) in [5, 5.41) is 26.6. The van der Waals surface area contributed by atoms with Crippen LogP contribution in [0.3, 0.4) is 0 Å². The van der Waals surface area contributed by atoms with Crippen LogP contribution < -0.4 is 15.4 Å². The van der Waals surface area contributed by atoms with E-state index in [0.29, 0.717) is 29.8 Å². The van der Waals surface area contributed by atoms with Crippen molar-refractivity contribution in [3.8, 4) is 5.75 Å². The number of rotatable bonds is 11. The van der Waals surface area contributed by atoms with E-state index in [9.17, 15) is 29.6 Å². The molecule has 1 unspecified atom stereocenters. The number of carbonyl (C=O) groups excluding carboxylic acids is 2. The summed E-state index contributed by atoms with van der Waals surface area (Å²) in [5.74, 6) is -0.774. The van der Waals surface area contributed by atoms with Crippen molar-refractivity contribution >= 4 is 23.5 Å². The molecule has 0 saturated carbocycles. The lowest BCUT2D eigenvalue weighted by Crippen LogP contribution is -2.49. The average Bonchev–Trinajstić information content (AvgIpc) is 2.84. The average molecular weight is 482 g/mol. The Bertz CT molecular complexity index is 1180. The summed E-state index contributed by atoms with van der Waals surface area (Å²) in [6.45, 7) is 2.09. The van der Waals surface area contributed by atoms with Crippen molar-refractivity contribution in [2.75, 3.05) is 26.7 Å². The van der Waals surface area contributed by atoms with Gasteiger partial charge in [-0.25, -0.2) is 9.59 Å². The number of benzene rings is 2. The first-order valence-corrected chi connectivity index (χ1v) is 10.9. The smallest absolute Gasteiger partial charge is 0.335 e. The molecule has 2 aromatic rings. The maximum absolute atomic E-state index is 12.8. The summed E-state index contributed by atoms with van der Waals surface area (Å²) in [4.78, 5) is 49.2. The van der Waals surface area contributed by atoms with E-state index in [2.05, 4.69) is 10.6 Å². The fraction of sp³-hybridized carbons (Fsp3) is 0.292. The molecule has 0 saturated heterocycles. The van der Waals surface area contributed by atoms with Gasteiger partial charge < -0.3 is 25.4 Å². The van der Waals surface area contributed by atoms with Gasteiger partial charge in [-0.15, -0.1) is 0 Å². The summed E-state index contributed by atoms with van der Waals surface area (Å²) in [6.07, 6.45) is 0.413. The van der Waals surface area contributed by atoms with E-state index in [1.807, 2.05) is 0 Å². The van der Waals surface area contributed by atoms with Crippen molar-refractivity contribution in [3.63, 3.8) is 0 Å². The van der Waals surface area contributed by atoms with Crippen molar-refractivity contribution in [3.05, 3.63) is 81.0 Å². The van der Waals surface area contributed by atoms with Crippen LogP contribution in [0.1, 0.15) is 35.3 Å². The number of aliphatic carboxylic acids is 1. The topological polar surface area (TPSA) is 151 Å². The number of amides is 2. The van der Waals surface area contributed by atoms with Crippen LogP contribution in [0.25, 0.3) is 0 Å². The number of hydrogen-bond donors (Lipinski definition) is 3. The van der Waals surface area contributed by atoms with Crippen LogP contribution in [-0.4, -0.2) is 59.5 Å². The summed E-state index contributed by atoms with van der Waals surface area (Å²) < 4.78 is 5.13. The normalized spacial score (nSPS) is 15.5. The van der Waals surface area contributed by atoms with E-state index < -0.39 is 23.0 Å². The number of non-ortho nitro benzene ring substituents is 1. The van der Waals surface area contributed by atoms with Gasteiger partial charge in [-0.05, 0) is 37.6 Å². The van der Waals surface area contributed by atoms with Gasteiger partial charge in [-0.2, -0.15) is 0 Å². The van der Waals surface area contributed by atoms with Crippen LogP contribution in [0.4, 0.5) is 10.5 Å². The fourth-order valence-corrected chi connectivity index (χ4v) is 3.92. The number of carbonyl (C=O) groups is 3. The molecule has 1 heterocycles. The van der Waals surface area contributed by atoms with Crippen LogP contribution in [0.5, 0.6) is 5.75 Å². The Balaban J connectivity index is 1.70. The summed E-state index contributed by atoms with van der Waals surface area (Å²) >= 11 is 0. The molecule has 0 fully saturated rings. The standard InChI is InChI=1S/C24H26N4O7/c1-15-21(23(30)31)22(17-7-3-8-18(12-17)28(33)34)27(24(32)26-15)11-5-10-25-14-20(29)16-6-4-9-19(13-16)35-2/h3-4,6-9,12-13,22,25H,5,10-11,14H2,1-2H3,(H,26,32)(H,30,31).